The number of urea groups is 1. The molecule has 3 aliphatic heterocycles. The number of nitrogens with zero attached hydrogens (tertiary/aromatic N) is 5. The quantitative estimate of drug-likeness (QED) is 0.0188. The van der Waals surface area contributed by atoms with Crippen molar-refractivity contribution in [1.29, 1.82) is 0 Å². The lowest BCUT2D eigenvalue weighted by molar-refractivity contribution is -0.129. The lowest BCUT2D eigenvalue weighted by Crippen LogP contribution is -2.47. The number of ketones is 1. The van der Waals surface area contributed by atoms with Crippen LogP contribution >= 0.6 is 11.8 Å². The molecule has 5 heterocycles. The maximum atomic E-state index is 15.0. The van der Waals surface area contributed by atoms with Gasteiger partial charge in [0.2, 0.25) is 37.6 Å². The van der Waals surface area contributed by atoms with Crippen molar-refractivity contribution in [2.75, 3.05) is 25.4 Å². The number of β-amino-alcohol motifs (C(OH)–C–C–N with tert-alkyl or cyclic N) is 1. The number of hydrogen-bond donors (Lipinski definition) is 7. The zero-order valence-corrected chi connectivity index (χ0v) is 50.4. The molecule has 456 valence electrons. The third kappa shape index (κ3) is 14.9. The number of aromatic hydroxyl groups is 1. The number of carbonyl (C=O) groups excluding carboxylic acids is 5. The molecule has 2 aromatic heterocycles. The Balaban J connectivity index is 0.804. The first kappa shape index (κ1) is 62.0. The molecule has 10 rings (SSSR count). The van der Waals surface area contributed by atoms with E-state index < -0.39 is 66.2 Å². The number of phenolic OH excluding ortho intramolecular Hbond substituents is 1. The van der Waals surface area contributed by atoms with Gasteiger partial charge in [-0.2, -0.15) is 16.1 Å². The molecule has 0 spiro atoms. The summed E-state index contributed by atoms with van der Waals surface area (Å²) in [6.45, 7) is 1.41. The Morgan fingerprint density at radius 1 is 0.747 bits per heavy atom. The lowest BCUT2D eigenvalue weighted by atomic mass is 9.97. The van der Waals surface area contributed by atoms with E-state index in [0.717, 1.165) is 29.3 Å². The molecule has 2 saturated heterocycles. The number of aliphatic hydroxyl groups is 1. The molecular formula is C63H70N10O11S3. The number of amides is 5. The topological polar surface area (TPSA) is 301 Å². The third-order valence-corrected chi connectivity index (χ3v) is 21.6. The molecule has 5 aromatic carbocycles. The van der Waals surface area contributed by atoms with Gasteiger partial charge in [-0.25, -0.2) is 26.3 Å². The Bertz CT molecular complexity index is 3850. The first-order chi connectivity index (χ1) is 41.9. The highest BCUT2D eigenvalue weighted by Crippen LogP contribution is 2.38. The van der Waals surface area contributed by atoms with Crippen LogP contribution in [-0.4, -0.2) is 136 Å². The highest BCUT2D eigenvalue weighted by atomic mass is 32.2. The Labute approximate surface area is 509 Å². The summed E-state index contributed by atoms with van der Waals surface area (Å²) < 4.78 is 61.5. The Hall–Kier alpha value is -8.03. The van der Waals surface area contributed by atoms with E-state index in [-0.39, 0.29) is 89.9 Å². The predicted octanol–water partition coefficient (Wildman–Crippen LogP) is 6.29. The van der Waals surface area contributed by atoms with Crippen molar-refractivity contribution >= 4 is 72.1 Å². The summed E-state index contributed by atoms with van der Waals surface area (Å²) in [6, 6.07) is 31.9. The number of rotatable bonds is 25. The Morgan fingerprint density at radius 3 is 2.22 bits per heavy atom. The van der Waals surface area contributed by atoms with Crippen LogP contribution in [0.5, 0.6) is 5.75 Å². The number of aliphatic hydroxyl groups excluding tert-OH is 1. The van der Waals surface area contributed by atoms with Gasteiger partial charge in [0.15, 0.2) is 5.78 Å². The monoisotopic (exact) mass is 1240 g/mol. The van der Waals surface area contributed by atoms with E-state index in [1.54, 1.807) is 78.9 Å². The molecule has 7 atom stereocenters. The number of phenols is 1. The molecule has 7 aromatic rings. The average Bonchev–Trinajstić information content (AvgIpc) is 2.13. The molecule has 2 fully saturated rings. The van der Waals surface area contributed by atoms with E-state index in [0.29, 0.717) is 70.7 Å². The third-order valence-electron chi connectivity index (χ3n) is 16.2. The maximum Gasteiger partial charge on any atom is 0.315 e. The van der Waals surface area contributed by atoms with E-state index >= 15 is 8.42 Å². The standard InChI is InChI=1S/C63H70N10O11S3/c1-40-36-72(87(83,84)55-18-9-8-17-54(55)86(81,82)56-19-12-15-48-47(40)30-32-65-59(48)56)38-52(75)51(34-42-24-28-46(74)29-25-42)73-37-45(70-71-73)35-66-62(79)49(33-41-22-26-44(27-23-41)61(78)43-13-4-2-5-14-43)67-58(77)21-6-3-11-31-64-57(76)20-10-7-16-53-60-50(39-85-53)68-63(80)69-60/h2,4-5,8-9,12-15,17-19,22-30,32,37,40,49-53,60,74-75H,3,6-7,10-11,16,20-21,31,33-36,38-39H2,1H3,(H,64,76)(H,66,79)(H,67,77)(H2,68,69,80)/t40?,49-,50-,51-,52?,53-,60-/m0/s1. The largest absolute Gasteiger partial charge is 0.508 e. The number of para-hydroxylation sites is 1. The average molecular weight is 1240 g/mol. The molecule has 5 amide bonds. The van der Waals surface area contributed by atoms with Crippen molar-refractivity contribution in [2.24, 2.45) is 0 Å². The van der Waals surface area contributed by atoms with Crippen LogP contribution in [0.15, 0.2) is 154 Å². The van der Waals surface area contributed by atoms with Crippen LogP contribution in [0, 0.1) is 0 Å². The molecule has 21 nitrogen and oxygen atoms in total. The van der Waals surface area contributed by atoms with Gasteiger partial charge < -0.3 is 36.8 Å². The maximum absolute atomic E-state index is 15.0. The van der Waals surface area contributed by atoms with Gasteiger partial charge >= 0.3 is 6.03 Å². The van der Waals surface area contributed by atoms with Gasteiger partial charge in [-0.15, -0.1) is 5.10 Å². The number of benzene rings is 5. The highest BCUT2D eigenvalue weighted by Gasteiger charge is 2.43. The molecule has 24 heteroatoms. The number of nitrogens with one attached hydrogen (secondary N) is 5. The van der Waals surface area contributed by atoms with Gasteiger partial charge in [-0.3, -0.25) is 24.2 Å². The second-order valence-electron chi connectivity index (χ2n) is 22.4. The van der Waals surface area contributed by atoms with Crippen molar-refractivity contribution in [1.82, 2.24) is 50.9 Å². The Morgan fingerprint density at radius 2 is 1.44 bits per heavy atom. The van der Waals surface area contributed by atoms with E-state index in [4.69, 9.17) is 0 Å². The first-order valence-corrected chi connectivity index (χ1v) is 33.2. The number of carbonyl (C=O) groups is 5. The van der Waals surface area contributed by atoms with Gasteiger partial charge in [-0.1, -0.05) is 116 Å². The molecule has 7 N–H and O–H groups in total. The predicted molar refractivity (Wildman–Crippen MR) is 327 cm³/mol. The lowest BCUT2D eigenvalue weighted by Gasteiger charge is -2.31. The van der Waals surface area contributed by atoms with Crippen molar-refractivity contribution in [3.63, 3.8) is 0 Å². The summed E-state index contributed by atoms with van der Waals surface area (Å²) in [7, 11) is -9.14. The van der Waals surface area contributed by atoms with Crippen molar-refractivity contribution in [3.8, 4) is 5.75 Å². The van der Waals surface area contributed by atoms with Crippen LogP contribution in [0.2, 0.25) is 0 Å². The number of thioether (sulfide) groups is 1. The minimum Gasteiger partial charge on any atom is -0.508 e. The minimum atomic E-state index is -4.67. The molecule has 2 unspecified atom stereocenters. The summed E-state index contributed by atoms with van der Waals surface area (Å²) in [5.41, 5.74) is 3.40. The number of unbranched alkanes of at least 4 members (excludes halogenated alkanes) is 3. The molecule has 0 radical (unpaired) electrons. The van der Waals surface area contributed by atoms with Gasteiger partial charge in [0.25, 0.3) is 0 Å². The fraction of sp³-hybridized carbons (Fsp3) is 0.365. The fourth-order valence-electron chi connectivity index (χ4n) is 11.5. The summed E-state index contributed by atoms with van der Waals surface area (Å²) >= 11 is 1.85. The number of sulfonamides is 1. The summed E-state index contributed by atoms with van der Waals surface area (Å²) in [6.07, 6.45) is 6.51. The summed E-state index contributed by atoms with van der Waals surface area (Å²) in [5.74, 6) is -0.743. The van der Waals surface area contributed by atoms with E-state index in [1.165, 1.54) is 59.5 Å². The van der Waals surface area contributed by atoms with Crippen molar-refractivity contribution in [2.45, 2.75) is 134 Å². The first-order valence-electron chi connectivity index (χ1n) is 29.2. The number of aromatic nitrogens is 4. The van der Waals surface area contributed by atoms with Crippen molar-refractivity contribution in [3.05, 3.63) is 173 Å². The van der Waals surface area contributed by atoms with Crippen molar-refractivity contribution < 1.29 is 51.0 Å². The Kier molecular flexibility index (Phi) is 19.8. The van der Waals surface area contributed by atoms with Crippen LogP contribution in [0.1, 0.15) is 109 Å². The summed E-state index contributed by atoms with van der Waals surface area (Å²) in [4.78, 5) is 68.8. The van der Waals surface area contributed by atoms with Crippen LogP contribution < -0.4 is 26.6 Å². The van der Waals surface area contributed by atoms with E-state index in [1.807, 2.05) is 24.8 Å². The number of pyridine rings is 1. The zero-order chi connectivity index (χ0) is 61.2. The molecule has 87 heavy (non-hydrogen) atoms. The van der Waals surface area contributed by atoms with Crippen LogP contribution in [0.3, 0.4) is 0 Å². The summed E-state index contributed by atoms with van der Waals surface area (Å²) in [5, 5.41) is 46.9. The van der Waals surface area contributed by atoms with Crippen LogP contribution in [0.4, 0.5) is 4.79 Å². The van der Waals surface area contributed by atoms with Gasteiger partial charge in [-0.05, 0) is 91.1 Å². The normalized spacial score (nSPS) is 19.5. The molecule has 4 bridgehead atoms. The smallest absolute Gasteiger partial charge is 0.315 e. The van der Waals surface area contributed by atoms with Crippen LogP contribution in [-0.2, 0) is 53.6 Å². The van der Waals surface area contributed by atoms with Gasteiger partial charge in [0.1, 0.15) is 22.4 Å². The highest BCUT2D eigenvalue weighted by molar-refractivity contribution is 8.00. The SMILES string of the molecule is CC1CN(CC(O)[C@H](Cc2ccc(O)cc2)n2cc(CNC(=O)[C@H](Cc3ccc(C(=O)c4ccccc4)cc3)NC(=O)CCCCCNC(=O)CCCC[C@@H]3SC[C@@H]4NC(=O)N[C@@H]43)nn2)S(=O)(=O)c2ccccc2S(=O)(=O)c2cccc3c1ccnc23. The fourth-order valence-corrected chi connectivity index (χ4v) is 16.8. The number of fused-ring (bicyclic) bond motifs is 2. The molecule has 3 aliphatic rings. The van der Waals surface area contributed by atoms with Gasteiger partial charge in [0, 0.05) is 72.6 Å². The van der Waals surface area contributed by atoms with Crippen LogP contribution in [0.25, 0.3) is 10.9 Å². The zero-order valence-electron chi connectivity index (χ0n) is 48.0. The molecule has 0 aliphatic carbocycles. The number of sulfone groups is 1. The van der Waals surface area contributed by atoms with E-state index in [9.17, 15) is 42.6 Å². The second kappa shape index (κ2) is 27.8. The second-order valence-corrected chi connectivity index (χ2v) is 27.4. The minimum absolute atomic E-state index is 0.000802. The van der Waals surface area contributed by atoms with E-state index in [2.05, 4.69) is 41.9 Å². The molecule has 0 saturated carbocycles. The number of hydrogen-bond acceptors (Lipinski definition) is 15. The molecular weight excluding hydrogens is 1170 g/mol. The van der Waals surface area contributed by atoms with Gasteiger partial charge in [0.05, 0.1) is 52.3 Å².